The van der Waals surface area contributed by atoms with Crippen molar-refractivity contribution in [3.63, 3.8) is 0 Å². The molecule has 1 aliphatic rings. The van der Waals surface area contributed by atoms with E-state index in [1.54, 1.807) is 39.1 Å². The van der Waals surface area contributed by atoms with Gasteiger partial charge in [0.25, 0.3) is 0 Å². The van der Waals surface area contributed by atoms with Crippen LogP contribution in [-0.2, 0) is 24.7 Å². The van der Waals surface area contributed by atoms with Crippen molar-refractivity contribution in [1.82, 2.24) is 0 Å². The normalized spacial score (nSPS) is 18.6. The Hall–Kier alpha value is 0.363. The van der Waals surface area contributed by atoms with Crippen molar-refractivity contribution in [2.75, 3.05) is 0 Å². The van der Waals surface area contributed by atoms with Crippen LogP contribution in [0.3, 0.4) is 0 Å². The molecule has 0 saturated carbocycles. The Morgan fingerprint density at radius 1 is 1.67 bits per heavy atom. The van der Waals surface area contributed by atoms with Gasteiger partial charge >= 0.3 is 71.9 Å². The van der Waals surface area contributed by atoms with Crippen molar-refractivity contribution in [1.29, 1.82) is 0 Å². The Balaban J connectivity index is 2.79. The van der Waals surface area contributed by atoms with Crippen LogP contribution in [0.2, 0.25) is 0 Å². The van der Waals surface area contributed by atoms with Gasteiger partial charge in [-0.25, -0.2) is 0 Å². The molecule has 0 aromatic rings. The second kappa shape index (κ2) is 2.97. The summed E-state index contributed by atoms with van der Waals surface area (Å²) in [6.07, 6.45) is 4.79. The molecule has 0 atom stereocenters. The van der Waals surface area contributed by atoms with Crippen molar-refractivity contribution in [2.45, 2.75) is 26.7 Å². The van der Waals surface area contributed by atoms with Crippen LogP contribution < -0.4 is 0 Å². The van der Waals surface area contributed by atoms with E-state index in [9.17, 15) is 0 Å². The molecular weight excluding hydrogens is 187 g/mol. The van der Waals surface area contributed by atoms with Crippen molar-refractivity contribution in [3.05, 3.63) is 20.5 Å². The minimum atomic E-state index is 1.21. The van der Waals surface area contributed by atoms with Gasteiger partial charge in [-0.05, 0) is 0 Å². The minimum absolute atomic E-state index is 1.21. The van der Waals surface area contributed by atoms with E-state index in [-0.39, 0.29) is 0 Å². The van der Waals surface area contributed by atoms with Crippen molar-refractivity contribution in [2.24, 2.45) is 0 Å². The predicted molar refractivity (Wildman–Crippen MR) is 35.7 cm³/mol. The summed E-state index contributed by atoms with van der Waals surface area (Å²) >= 11 is 1.59. The van der Waals surface area contributed by atoms with Crippen LogP contribution in [0.4, 0.5) is 0 Å². The molecule has 47 valence electrons. The van der Waals surface area contributed by atoms with Gasteiger partial charge in [0.05, 0.1) is 0 Å². The Morgan fingerprint density at radius 2 is 2.33 bits per heavy atom. The maximum atomic E-state index is 2.36. The van der Waals surface area contributed by atoms with Crippen LogP contribution in [0.1, 0.15) is 26.7 Å². The van der Waals surface area contributed by atoms with E-state index >= 15 is 0 Å². The van der Waals surface area contributed by atoms with E-state index in [2.05, 4.69) is 19.9 Å². The summed E-state index contributed by atoms with van der Waals surface area (Å²) in [5.74, 6) is 0. The molecule has 0 unspecified atom stereocenters. The van der Waals surface area contributed by atoms with Gasteiger partial charge in [-0.2, -0.15) is 0 Å². The molecule has 0 aliphatic heterocycles. The molecule has 9 heavy (non-hydrogen) atoms. The zero-order valence-electron chi connectivity index (χ0n) is 5.99. The van der Waals surface area contributed by atoms with Gasteiger partial charge in [-0.3, -0.25) is 0 Å². The monoisotopic (exact) mass is 197 g/mol. The van der Waals surface area contributed by atoms with Crippen LogP contribution in [0.15, 0.2) is 20.5 Å². The Kier molecular flexibility index (Phi) is 2.46. The van der Waals surface area contributed by atoms with Crippen LogP contribution in [0, 0.1) is 0 Å². The van der Waals surface area contributed by atoms with E-state index in [0.717, 1.165) is 0 Å². The molecule has 0 radical (unpaired) electrons. The quantitative estimate of drug-likeness (QED) is 0.607. The second-order valence-corrected chi connectivity index (χ2v) is 3.67. The average Bonchev–Trinajstić information content (AvgIpc) is 2.15. The summed E-state index contributed by atoms with van der Waals surface area (Å²) in [4.78, 5) is 0. The van der Waals surface area contributed by atoms with Gasteiger partial charge < -0.3 is 0 Å². The third-order valence-electron chi connectivity index (χ3n) is 1.78. The van der Waals surface area contributed by atoms with Crippen LogP contribution in [0.5, 0.6) is 0 Å². The molecule has 0 nitrogen and oxygen atoms in total. The molecule has 0 spiro atoms. The van der Waals surface area contributed by atoms with Gasteiger partial charge in [0.1, 0.15) is 0 Å². The first kappa shape index (κ1) is 7.47. The summed E-state index contributed by atoms with van der Waals surface area (Å²) in [6.45, 7) is 4.47. The zero-order valence-corrected chi connectivity index (χ0v) is 8.45. The van der Waals surface area contributed by atoms with Crippen molar-refractivity contribution < 1.29 is 24.7 Å². The molecular formula is C8H11Zr. The average molecular weight is 198 g/mol. The molecule has 0 bridgehead atoms. The molecule has 1 aliphatic carbocycles. The summed E-state index contributed by atoms with van der Waals surface area (Å²) in [7, 11) is 0. The van der Waals surface area contributed by atoms with Gasteiger partial charge in [0, 0.05) is 0 Å². The summed E-state index contributed by atoms with van der Waals surface area (Å²) in [5.41, 5.74) is 3.18. The van der Waals surface area contributed by atoms with E-state index in [1.165, 1.54) is 12.8 Å². The fourth-order valence-electron chi connectivity index (χ4n) is 1.08. The topological polar surface area (TPSA) is 0 Å². The molecule has 0 amide bonds. The molecule has 0 saturated heterocycles. The number of rotatable bonds is 1. The number of hydrogen-bond acceptors (Lipinski definition) is 0. The Morgan fingerprint density at radius 3 is 2.56 bits per heavy atom. The number of hydrogen-bond donors (Lipinski definition) is 0. The van der Waals surface area contributed by atoms with Crippen LogP contribution in [0.25, 0.3) is 0 Å². The molecule has 1 heteroatoms. The fourth-order valence-corrected chi connectivity index (χ4v) is 2.01. The van der Waals surface area contributed by atoms with Gasteiger partial charge in [-0.15, -0.1) is 0 Å². The Labute approximate surface area is 71.9 Å². The van der Waals surface area contributed by atoms with Crippen LogP contribution in [-0.4, -0.2) is 0 Å². The maximum absolute atomic E-state index is 2.36. The van der Waals surface area contributed by atoms with Gasteiger partial charge in [0.2, 0.25) is 0 Å². The first-order valence-electron chi connectivity index (χ1n) is 3.36. The standard InChI is InChI=1S/C8H11.Zr/c1-3-8-5-4-7(2)6-8;/h5H,3-4H2,1-2H3;. The molecule has 0 aromatic heterocycles. The fraction of sp³-hybridized carbons (Fsp3) is 0.500. The molecule has 1 rings (SSSR count). The second-order valence-electron chi connectivity index (χ2n) is 2.44. The van der Waals surface area contributed by atoms with E-state index in [1.807, 2.05) is 0 Å². The summed E-state index contributed by atoms with van der Waals surface area (Å²) < 4.78 is 1.62. The van der Waals surface area contributed by atoms with Crippen LogP contribution >= 0.6 is 0 Å². The number of allylic oxidation sites excluding steroid dienone is 4. The first-order valence-corrected chi connectivity index (χ1v) is 4.59. The van der Waals surface area contributed by atoms with Crippen molar-refractivity contribution >= 4 is 0 Å². The molecule has 0 N–H and O–H groups in total. The summed E-state index contributed by atoms with van der Waals surface area (Å²) in [6, 6.07) is 0. The SMILES string of the molecule is CCC1=CCC(C)=[C]1[Zr]. The van der Waals surface area contributed by atoms with Gasteiger partial charge in [0.15, 0.2) is 0 Å². The third-order valence-corrected chi connectivity index (χ3v) is 3.62. The molecule has 0 aromatic carbocycles. The third kappa shape index (κ3) is 1.43. The van der Waals surface area contributed by atoms with Crippen molar-refractivity contribution in [3.8, 4) is 0 Å². The van der Waals surface area contributed by atoms with E-state index in [0.29, 0.717) is 0 Å². The van der Waals surface area contributed by atoms with E-state index in [4.69, 9.17) is 0 Å². The first-order chi connectivity index (χ1) is 4.25. The summed E-state index contributed by atoms with van der Waals surface area (Å²) in [5, 5.41) is 0. The predicted octanol–water partition coefficient (Wildman–Crippen LogP) is 2.55. The molecule has 0 heterocycles. The molecule has 0 fully saturated rings. The zero-order chi connectivity index (χ0) is 6.85. The Bertz CT molecular complexity index is 175. The van der Waals surface area contributed by atoms with Gasteiger partial charge in [-0.1, -0.05) is 0 Å². The van der Waals surface area contributed by atoms with E-state index < -0.39 is 0 Å².